The number of hydrogen-bond acceptors (Lipinski definition) is 8. The quantitative estimate of drug-likeness (QED) is 0.294. The Morgan fingerprint density at radius 1 is 0.900 bits per heavy atom. The van der Waals surface area contributed by atoms with Crippen LogP contribution in [-0.4, -0.2) is 51.1 Å². The Kier molecular flexibility index (Phi) is 6.60. The lowest BCUT2D eigenvalue weighted by Crippen LogP contribution is -2.44. The minimum absolute atomic E-state index is 0.0563. The van der Waals surface area contributed by atoms with Gasteiger partial charge in [0.15, 0.2) is 0 Å². The molecule has 0 bridgehead atoms. The van der Waals surface area contributed by atoms with Crippen molar-refractivity contribution in [2.24, 2.45) is 0 Å². The van der Waals surface area contributed by atoms with Gasteiger partial charge in [-0.05, 0) is 35.4 Å². The molecule has 0 spiro atoms. The van der Waals surface area contributed by atoms with Gasteiger partial charge in [0.2, 0.25) is 5.95 Å². The van der Waals surface area contributed by atoms with Gasteiger partial charge in [-0.15, -0.1) is 0 Å². The Labute approximate surface area is 226 Å². The molecule has 0 radical (unpaired) electrons. The van der Waals surface area contributed by atoms with Gasteiger partial charge in [0.1, 0.15) is 12.0 Å². The molecule has 1 aliphatic heterocycles. The van der Waals surface area contributed by atoms with Gasteiger partial charge in [-0.3, -0.25) is 4.79 Å². The highest BCUT2D eigenvalue weighted by Crippen LogP contribution is 2.39. The molecule has 0 saturated carbocycles. The van der Waals surface area contributed by atoms with E-state index in [0.717, 1.165) is 17.2 Å². The molecule has 0 aliphatic carbocycles. The molecule has 6 rings (SSSR count). The van der Waals surface area contributed by atoms with Crippen LogP contribution in [0.1, 0.15) is 5.56 Å². The summed E-state index contributed by atoms with van der Waals surface area (Å²) in [5.74, 6) is 0.0563. The molecule has 0 amide bonds. The maximum Gasteiger partial charge on any atom is 0.418 e. The summed E-state index contributed by atoms with van der Waals surface area (Å²) in [6.07, 6.45) is 1.75. The Morgan fingerprint density at radius 3 is 2.40 bits per heavy atom. The lowest BCUT2D eigenvalue weighted by atomic mass is 9.96. The second-order valence-electron chi connectivity index (χ2n) is 9.27. The number of benzene rings is 2. The van der Waals surface area contributed by atoms with Gasteiger partial charge < -0.3 is 20.5 Å². The van der Waals surface area contributed by atoms with Crippen LogP contribution in [0.3, 0.4) is 0 Å². The SMILES string of the molecule is O=c1[nH]c2nc(Nc3ccc(N4CCNCC4)c(C(F)(F)F)c3)ncc2cc1-c1ccccc1-c1cncnc1. The molecule has 4 heterocycles. The maximum atomic E-state index is 13.9. The molecule has 3 N–H and O–H groups in total. The summed E-state index contributed by atoms with van der Waals surface area (Å²) in [7, 11) is 0. The number of rotatable bonds is 5. The molecule has 0 atom stereocenters. The van der Waals surface area contributed by atoms with Crippen molar-refractivity contribution in [1.29, 1.82) is 0 Å². The highest BCUT2D eigenvalue weighted by Gasteiger charge is 2.35. The normalized spacial score (nSPS) is 13.9. The van der Waals surface area contributed by atoms with E-state index in [-0.39, 0.29) is 28.5 Å². The Hall–Kier alpha value is -4.84. The van der Waals surface area contributed by atoms with Gasteiger partial charge in [0, 0.05) is 72.7 Å². The molecular weight excluding hydrogens is 521 g/mol. The number of alkyl halides is 3. The number of aromatic amines is 1. The number of nitrogens with zero attached hydrogens (tertiary/aromatic N) is 5. The molecule has 1 saturated heterocycles. The topological polar surface area (TPSA) is 112 Å². The highest BCUT2D eigenvalue weighted by atomic mass is 19.4. The zero-order chi connectivity index (χ0) is 27.7. The van der Waals surface area contributed by atoms with Crippen LogP contribution in [0.4, 0.5) is 30.5 Å². The Morgan fingerprint density at radius 2 is 1.65 bits per heavy atom. The third-order valence-corrected chi connectivity index (χ3v) is 6.70. The highest BCUT2D eigenvalue weighted by molar-refractivity contribution is 5.87. The van der Waals surface area contributed by atoms with E-state index >= 15 is 0 Å². The summed E-state index contributed by atoms with van der Waals surface area (Å²) in [4.78, 5) is 34.4. The summed E-state index contributed by atoms with van der Waals surface area (Å²) in [5.41, 5.74) is 2.11. The van der Waals surface area contributed by atoms with Gasteiger partial charge in [-0.2, -0.15) is 18.2 Å². The van der Waals surface area contributed by atoms with E-state index in [1.807, 2.05) is 24.3 Å². The van der Waals surface area contributed by atoms with E-state index < -0.39 is 11.7 Å². The molecular formula is C28H23F3N8O. The zero-order valence-corrected chi connectivity index (χ0v) is 21.0. The molecule has 5 aromatic rings. The molecule has 1 fully saturated rings. The molecule has 3 aromatic heterocycles. The van der Waals surface area contributed by atoms with E-state index in [4.69, 9.17) is 0 Å². The van der Waals surface area contributed by atoms with E-state index in [0.29, 0.717) is 42.7 Å². The van der Waals surface area contributed by atoms with Crippen LogP contribution in [0, 0.1) is 0 Å². The van der Waals surface area contributed by atoms with Crippen molar-refractivity contribution in [3.8, 4) is 22.3 Å². The minimum Gasteiger partial charge on any atom is -0.368 e. The van der Waals surface area contributed by atoms with Crippen LogP contribution in [0.15, 0.2) is 78.2 Å². The van der Waals surface area contributed by atoms with E-state index in [9.17, 15) is 18.0 Å². The molecule has 1 aliphatic rings. The number of hydrogen-bond donors (Lipinski definition) is 3. The van der Waals surface area contributed by atoms with Gasteiger partial charge in [0.25, 0.3) is 5.56 Å². The third kappa shape index (κ3) is 5.08. The second kappa shape index (κ2) is 10.4. The first kappa shape index (κ1) is 25.4. The summed E-state index contributed by atoms with van der Waals surface area (Å²) < 4.78 is 41.8. The average Bonchev–Trinajstić information content (AvgIpc) is 2.97. The first-order valence-corrected chi connectivity index (χ1v) is 12.6. The van der Waals surface area contributed by atoms with Crippen molar-refractivity contribution in [1.82, 2.24) is 30.2 Å². The number of piperazine rings is 1. The lowest BCUT2D eigenvalue weighted by molar-refractivity contribution is -0.137. The Balaban J connectivity index is 1.32. The molecule has 12 heteroatoms. The van der Waals surface area contributed by atoms with Crippen LogP contribution < -0.4 is 21.1 Å². The number of fused-ring (bicyclic) bond motifs is 1. The van der Waals surface area contributed by atoms with Gasteiger partial charge in [-0.1, -0.05) is 24.3 Å². The number of aromatic nitrogens is 5. The van der Waals surface area contributed by atoms with Crippen LogP contribution in [0.25, 0.3) is 33.3 Å². The van der Waals surface area contributed by atoms with Crippen LogP contribution in [-0.2, 0) is 6.18 Å². The third-order valence-electron chi connectivity index (χ3n) is 6.70. The number of nitrogens with one attached hydrogen (secondary N) is 3. The summed E-state index contributed by atoms with van der Waals surface area (Å²) >= 11 is 0. The molecule has 2 aromatic carbocycles. The summed E-state index contributed by atoms with van der Waals surface area (Å²) in [6, 6.07) is 13.2. The fourth-order valence-corrected chi connectivity index (χ4v) is 4.81. The standard InChI is InChI=1S/C28H23F3N8O/c29-28(30,31)23-12-19(5-6-24(23)39-9-7-32-8-10-39)36-27-35-15-17-11-22(26(40)37-25(17)38-27)21-4-2-1-3-20(21)18-13-33-16-34-14-18/h1-6,11-16,32H,7-10H2,(H2,35,36,37,38,40). The van der Waals surface area contributed by atoms with Crippen LogP contribution >= 0.6 is 0 Å². The molecule has 202 valence electrons. The van der Waals surface area contributed by atoms with Crippen molar-refractivity contribution in [2.45, 2.75) is 6.18 Å². The predicted octanol–water partition coefficient (Wildman–Crippen LogP) is 4.61. The number of H-pyrrole nitrogens is 1. The predicted molar refractivity (Wildman–Crippen MR) is 146 cm³/mol. The van der Waals surface area contributed by atoms with Gasteiger partial charge in [-0.25, -0.2) is 15.0 Å². The summed E-state index contributed by atoms with van der Waals surface area (Å²) in [5, 5.41) is 6.55. The monoisotopic (exact) mass is 544 g/mol. The van der Waals surface area contributed by atoms with E-state index in [1.165, 1.54) is 18.6 Å². The first-order valence-electron chi connectivity index (χ1n) is 12.6. The average molecular weight is 545 g/mol. The number of anilines is 3. The lowest BCUT2D eigenvalue weighted by Gasteiger charge is -2.31. The first-order chi connectivity index (χ1) is 19.4. The zero-order valence-electron chi connectivity index (χ0n) is 21.0. The van der Waals surface area contributed by atoms with E-state index in [2.05, 4.69) is 35.6 Å². The van der Waals surface area contributed by atoms with Crippen molar-refractivity contribution < 1.29 is 13.2 Å². The van der Waals surface area contributed by atoms with Crippen molar-refractivity contribution in [2.75, 3.05) is 36.4 Å². The van der Waals surface area contributed by atoms with Crippen molar-refractivity contribution in [3.05, 3.63) is 89.4 Å². The largest absolute Gasteiger partial charge is 0.418 e. The Bertz CT molecular complexity index is 1730. The van der Waals surface area contributed by atoms with E-state index in [1.54, 1.807) is 29.4 Å². The maximum absolute atomic E-state index is 13.9. The molecule has 40 heavy (non-hydrogen) atoms. The second-order valence-corrected chi connectivity index (χ2v) is 9.27. The van der Waals surface area contributed by atoms with Crippen LogP contribution in [0.2, 0.25) is 0 Å². The van der Waals surface area contributed by atoms with Crippen molar-refractivity contribution in [3.63, 3.8) is 0 Å². The van der Waals surface area contributed by atoms with Gasteiger partial charge in [0.05, 0.1) is 5.56 Å². The smallest absolute Gasteiger partial charge is 0.368 e. The van der Waals surface area contributed by atoms with Crippen molar-refractivity contribution >= 4 is 28.4 Å². The molecule has 0 unspecified atom stereocenters. The van der Waals surface area contributed by atoms with Crippen LogP contribution in [0.5, 0.6) is 0 Å². The molecule has 9 nitrogen and oxygen atoms in total. The number of halogens is 3. The summed E-state index contributed by atoms with van der Waals surface area (Å²) in [6.45, 7) is 2.22. The fourth-order valence-electron chi connectivity index (χ4n) is 4.81. The number of pyridine rings is 1. The van der Waals surface area contributed by atoms with Gasteiger partial charge >= 0.3 is 6.18 Å². The minimum atomic E-state index is -4.54. The fraction of sp³-hybridized carbons (Fsp3) is 0.179.